The first-order chi connectivity index (χ1) is 9.12. The molecule has 1 saturated carbocycles. The van der Waals surface area contributed by atoms with E-state index in [4.69, 9.17) is 0 Å². The predicted molar refractivity (Wildman–Crippen MR) is 62.0 cm³/mol. The SMILES string of the molecule is O=C1NC(=O)C2(n3c(=O)[nH]c4nccnc43)CC1C2. The van der Waals surface area contributed by atoms with Crippen LogP contribution in [0, 0.1) is 5.92 Å². The van der Waals surface area contributed by atoms with Crippen molar-refractivity contribution in [2.75, 3.05) is 0 Å². The molecule has 2 amide bonds. The number of H-pyrrole nitrogens is 1. The maximum absolute atomic E-state index is 12.1. The smallest absolute Gasteiger partial charge is 0.294 e. The average molecular weight is 259 g/mol. The van der Waals surface area contributed by atoms with Gasteiger partial charge in [0.1, 0.15) is 5.54 Å². The number of aromatic nitrogens is 4. The molecule has 8 nitrogen and oxygen atoms in total. The van der Waals surface area contributed by atoms with Gasteiger partial charge >= 0.3 is 5.69 Å². The van der Waals surface area contributed by atoms with Crippen LogP contribution in [0.2, 0.25) is 0 Å². The number of hydrogen-bond donors (Lipinski definition) is 2. The number of imidazole rings is 1. The summed E-state index contributed by atoms with van der Waals surface area (Å²) in [5.74, 6) is -0.897. The summed E-state index contributed by atoms with van der Waals surface area (Å²) in [4.78, 5) is 46.3. The Kier molecular flexibility index (Phi) is 1.69. The molecule has 2 N–H and O–H groups in total. The van der Waals surface area contributed by atoms with Crippen molar-refractivity contribution in [2.45, 2.75) is 18.4 Å². The third-order valence-corrected chi connectivity index (χ3v) is 3.95. The van der Waals surface area contributed by atoms with Crippen molar-refractivity contribution in [2.24, 2.45) is 5.92 Å². The van der Waals surface area contributed by atoms with Crippen LogP contribution >= 0.6 is 0 Å². The van der Waals surface area contributed by atoms with Gasteiger partial charge in [-0.25, -0.2) is 14.8 Å². The molecule has 0 unspecified atom stereocenters. The van der Waals surface area contributed by atoms with E-state index < -0.39 is 17.1 Å². The van der Waals surface area contributed by atoms with Gasteiger partial charge in [0, 0.05) is 18.3 Å². The highest BCUT2D eigenvalue weighted by Gasteiger charge is 2.60. The van der Waals surface area contributed by atoms with Gasteiger partial charge in [0.15, 0.2) is 11.3 Å². The molecular weight excluding hydrogens is 250 g/mol. The summed E-state index contributed by atoms with van der Waals surface area (Å²) in [7, 11) is 0. The molecule has 2 aromatic rings. The summed E-state index contributed by atoms with van der Waals surface area (Å²) in [6, 6.07) is 0. The second-order valence-electron chi connectivity index (χ2n) is 4.95. The van der Waals surface area contributed by atoms with Crippen LogP contribution in [0.25, 0.3) is 11.3 Å². The molecule has 5 rings (SSSR count). The Labute approximate surface area is 105 Å². The largest absolute Gasteiger partial charge is 0.329 e. The fraction of sp³-hybridized carbons (Fsp3) is 0.364. The Bertz CT molecular complexity index is 783. The second-order valence-corrected chi connectivity index (χ2v) is 4.95. The molecule has 2 aromatic heterocycles. The van der Waals surface area contributed by atoms with Crippen molar-refractivity contribution >= 4 is 23.1 Å². The van der Waals surface area contributed by atoms with E-state index in [0.29, 0.717) is 24.1 Å². The molecular formula is C11H9N5O3. The number of nitrogens with one attached hydrogen (secondary N) is 2. The van der Waals surface area contributed by atoms with Crippen molar-refractivity contribution in [1.82, 2.24) is 24.8 Å². The Morgan fingerprint density at radius 3 is 2.68 bits per heavy atom. The summed E-state index contributed by atoms with van der Waals surface area (Å²) >= 11 is 0. The van der Waals surface area contributed by atoms with E-state index in [1.165, 1.54) is 17.0 Å². The Hall–Kier alpha value is -2.51. The molecule has 2 aliphatic heterocycles. The predicted octanol–water partition coefficient (Wildman–Crippen LogP) is -1.12. The highest BCUT2D eigenvalue weighted by Crippen LogP contribution is 2.47. The fourth-order valence-electron chi connectivity index (χ4n) is 2.97. The minimum absolute atomic E-state index is 0.203. The third-order valence-electron chi connectivity index (χ3n) is 3.95. The zero-order valence-corrected chi connectivity index (χ0v) is 9.71. The Morgan fingerprint density at radius 1 is 1.21 bits per heavy atom. The molecule has 8 heteroatoms. The lowest BCUT2D eigenvalue weighted by atomic mass is 9.64. The van der Waals surface area contributed by atoms with Crippen LogP contribution in [0.15, 0.2) is 17.2 Å². The number of piperidine rings is 2. The van der Waals surface area contributed by atoms with Crippen LogP contribution in [0.3, 0.4) is 0 Å². The lowest BCUT2D eigenvalue weighted by Crippen LogP contribution is -2.68. The van der Waals surface area contributed by atoms with E-state index in [1.54, 1.807) is 0 Å². The topological polar surface area (TPSA) is 110 Å². The standard InChI is InChI=1S/C11H9N5O3/c17-8-5-3-11(4-5,9(18)15-8)16-7-6(14-10(16)19)12-1-2-13-7/h1-2,5H,3-4H2,(H,12,14,19)(H,15,17,18). The van der Waals surface area contributed by atoms with Gasteiger partial charge in [-0.15, -0.1) is 0 Å². The molecule has 1 aliphatic carbocycles. The number of amides is 2. The van der Waals surface area contributed by atoms with Crippen LogP contribution in [0.1, 0.15) is 12.8 Å². The van der Waals surface area contributed by atoms with E-state index in [9.17, 15) is 14.4 Å². The fourth-order valence-corrected chi connectivity index (χ4v) is 2.97. The van der Waals surface area contributed by atoms with E-state index >= 15 is 0 Å². The first kappa shape index (κ1) is 10.4. The molecule has 3 aliphatic rings. The van der Waals surface area contributed by atoms with Crippen LogP contribution in [-0.4, -0.2) is 31.3 Å². The normalized spacial score (nSPS) is 29.2. The molecule has 0 atom stereocenters. The van der Waals surface area contributed by atoms with Crippen molar-refractivity contribution in [3.05, 3.63) is 22.9 Å². The highest BCUT2D eigenvalue weighted by atomic mass is 16.2. The zero-order valence-electron chi connectivity index (χ0n) is 9.71. The molecule has 3 fully saturated rings. The highest BCUT2D eigenvalue weighted by molar-refractivity contribution is 6.06. The molecule has 0 radical (unpaired) electrons. The quantitative estimate of drug-likeness (QED) is 0.630. The van der Waals surface area contributed by atoms with Crippen LogP contribution in [0.5, 0.6) is 0 Å². The third kappa shape index (κ3) is 1.11. The maximum Gasteiger partial charge on any atom is 0.329 e. The van der Waals surface area contributed by atoms with Crippen molar-refractivity contribution in [1.29, 1.82) is 0 Å². The van der Waals surface area contributed by atoms with Gasteiger partial charge in [-0.05, 0) is 12.8 Å². The number of rotatable bonds is 1. The van der Waals surface area contributed by atoms with Gasteiger partial charge in [-0.3, -0.25) is 24.5 Å². The van der Waals surface area contributed by atoms with Crippen LogP contribution in [-0.2, 0) is 15.1 Å². The summed E-state index contributed by atoms with van der Waals surface area (Å²) in [6.45, 7) is 0. The second kappa shape index (κ2) is 3.08. The monoisotopic (exact) mass is 259 g/mol. The lowest BCUT2D eigenvalue weighted by Gasteiger charge is -2.49. The summed E-state index contributed by atoms with van der Waals surface area (Å²) in [6.07, 6.45) is 3.63. The molecule has 0 aromatic carbocycles. The molecule has 2 saturated heterocycles. The summed E-state index contributed by atoms with van der Waals surface area (Å²) in [5.41, 5.74) is -0.737. The van der Waals surface area contributed by atoms with Crippen molar-refractivity contribution in [3.8, 4) is 0 Å². The van der Waals surface area contributed by atoms with Crippen LogP contribution < -0.4 is 11.0 Å². The average Bonchev–Trinajstić information content (AvgIpc) is 2.64. The van der Waals surface area contributed by atoms with Crippen LogP contribution in [0.4, 0.5) is 0 Å². The minimum Gasteiger partial charge on any atom is -0.294 e. The van der Waals surface area contributed by atoms with Gasteiger partial charge < -0.3 is 0 Å². The molecule has 0 spiro atoms. The van der Waals surface area contributed by atoms with E-state index in [2.05, 4.69) is 20.3 Å². The number of nitrogens with zero attached hydrogens (tertiary/aromatic N) is 3. The molecule has 19 heavy (non-hydrogen) atoms. The van der Waals surface area contributed by atoms with Gasteiger partial charge in [0.25, 0.3) is 5.91 Å². The number of hydrogen-bond acceptors (Lipinski definition) is 5. The van der Waals surface area contributed by atoms with Gasteiger partial charge in [0.2, 0.25) is 5.91 Å². The number of fused-ring (bicyclic) bond motifs is 3. The Balaban J connectivity index is 1.97. The van der Waals surface area contributed by atoms with Crippen molar-refractivity contribution in [3.63, 3.8) is 0 Å². The first-order valence-corrected chi connectivity index (χ1v) is 5.89. The van der Waals surface area contributed by atoms with Gasteiger partial charge in [-0.2, -0.15) is 0 Å². The maximum atomic E-state index is 12.1. The summed E-state index contributed by atoms with van der Waals surface area (Å²) < 4.78 is 1.33. The van der Waals surface area contributed by atoms with E-state index in [1.807, 2.05) is 0 Å². The molecule has 2 bridgehead atoms. The number of aromatic amines is 1. The number of carbonyl (C=O) groups is 2. The summed E-state index contributed by atoms with van der Waals surface area (Å²) in [5, 5.41) is 2.30. The Morgan fingerprint density at radius 2 is 1.95 bits per heavy atom. The van der Waals surface area contributed by atoms with Gasteiger partial charge in [0.05, 0.1) is 0 Å². The lowest BCUT2D eigenvalue weighted by molar-refractivity contribution is -0.156. The first-order valence-electron chi connectivity index (χ1n) is 5.89. The molecule has 4 heterocycles. The van der Waals surface area contributed by atoms with E-state index in [-0.39, 0.29) is 11.8 Å². The number of imide groups is 1. The minimum atomic E-state index is -0.996. The van der Waals surface area contributed by atoms with Crippen molar-refractivity contribution < 1.29 is 9.59 Å². The molecule has 96 valence electrons. The van der Waals surface area contributed by atoms with E-state index in [0.717, 1.165) is 0 Å². The van der Waals surface area contributed by atoms with Gasteiger partial charge in [-0.1, -0.05) is 0 Å². The zero-order chi connectivity index (χ0) is 13.2. The number of carbonyl (C=O) groups excluding carboxylic acids is 2.